The van der Waals surface area contributed by atoms with Crippen molar-refractivity contribution in [2.75, 3.05) is 19.6 Å². The number of likely N-dealkylation sites (tertiary alicyclic amines) is 1. The Hall–Kier alpha value is -3.45. The molecule has 2 aromatic carbocycles. The maximum Gasteiger partial charge on any atom is 0.328 e. The van der Waals surface area contributed by atoms with Gasteiger partial charge in [-0.2, -0.15) is 0 Å². The molecule has 194 valence electrons. The molecule has 1 aliphatic rings. The number of aliphatic carboxylic acids is 2. The number of rotatable bonds is 10. The van der Waals surface area contributed by atoms with Crippen molar-refractivity contribution >= 4 is 17.8 Å². The summed E-state index contributed by atoms with van der Waals surface area (Å²) >= 11 is 0. The van der Waals surface area contributed by atoms with Gasteiger partial charge in [0.25, 0.3) is 0 Å². The number of nitrogens with one attached hydrogen (secondary N) is 1. The second-order valence-corrected chi connectivity index (χ2v) is 9.01. The zero-order valence-electron chi connectivity index (χ0n) is 21.2. The van der Waals surface area contributed by atoms with Gasteiger partial charge >= 0.3 is 11.9 Å². The minimum atomic E-state index is -1.26. The van der Waals surface area contributed by atoms with Crippen molar-refractivity contribution in [2.45, 2.75) is 51.5 Å². The van der Waals surface area contributed by atoms with Gasteiger partial charge < -0.3 is 20.4 Å². The van der Waals surface area contributed by atoms with Gasteiger partial charge in [0.2, 0.25) is 5.91 Å². The van der Waals surface area contributed by atoms with E-state index in [1.54, 1.807) is 0 Å². The van der Waals surface area contributed by atoms with E-state index < -0.39 is 11.9 Å². The van der Waals surface area contributed by atoms with E-state index in [-0.39, 0.29) is 17.4 Å². The third-order valence-corrected chi connectivity index (χ3v) is 6.78. The Kier molecular flexibility index (Phi) is 11.9. The lowest BCUT2D eigenvalue weighted by Crippen LogP contribution is -2.49. The molecule has 36 heavy (non-hydrogen) atoms. The third kappa shape index (κ3) is 9.30. The fourth-order valence-corrected chi connectivity index (χ4v) is 4.50. The van der Waals surface area contributed by atoms with E-state index in [4.69, 9.17) is 10.2 Å². The van der Waals surface area contributed by atoms with Gasteiger partial charge in [-0.05, 0) is 56.3 Å². The molecule has 1 saturated heterocycles. The molecule has 0 aromatic heterocycles. The van der Waals surface area contributed by atoms with E-state index in [2.05, 4.69) is 78.7 Å². The van der Waals surface area contributed by atoms with Crippen LogP contribution in [0.4, 0.5) is 0 Å². The van der Waals surface area contributed by atoms with Crippen molar-refractivity contribution in [2.24, 2.45) is 5.92 Å². The molecule has 7 heteroatoms. The van der Waals surface area contributed by atoms with Crippen molar-refractivity contribution in [3.63, 3.8) is 0 Å². The molecule has 0 radical (unpaired) electrons. The molecule has 3 rings (SSSR count). The number of hydrogen-bond donors (Lipinski definition) is 3. The largest absolute Gasteiger partial charge is 0.478 e. The number of benzene rings is 2. The van der Waals surface area contributed by atoms with Crippen LogP contribution in [-0.2, 0) is 26.3 Å². The smallest absolute Gasteiger partial charge is 0.328 e. The maximum absolute atomic E-state index is 13.1. The van der Waals surface area contributed by atoms with Crippen LogP contribution in [0, 0.1) is 5.92 Å². The Bertz CT molecular complexity index is 963. The van der Waals surface area contributed by atoms with E-state index in [9.17, 15) is 14.4 Å². The zero-order chi connectivity index (χ0) is 26.4. The van der Waals surface area contributed by atoms with Crippen LogP contribution in [0.15, 0.2) is 72.8 Å². The Morgan fingerprint density at radius 3 is 1.86 bits per heavy atom. The van der Waals surface area contributed by atoms with E-state index in [0.717, 1.165) is 51.7 Å². The Morgan fingerprint density at radius 2 is 1.39 bits per heavy atom. The molecule has 2 aromatic rings. The highest BCUT2D eigenvalue weighted by molar-refractivity contribution is 5.89. The van der Waals surface area contributed by atoms with Crippen molar-refractivity contribution in [1.82, 2.24) is 10.2 Å². The SMILES string of the molecule is CCC(CC)(NC(=O)C1CCN(CCc2ccccc2)CC1)c1ccccc1.O=C(O)/C=C/C(=O)O. The monoisotopic (exact) mass is 494 g/mol. The molecule has 0 atom stereocenters. The summed E-state index contributed by atoms with van der Waals surface area (Å²) in [6, 6.07) is 21.1. The lowest BCUT2D eigenvalue weighted by molar-refractivity contribution is -0.134. The summed E-state index contributed by atoms with van der Waals surface area (Å²) in [6.45, 7) is 7.45. The second-order valence-electron chi connectivity index (χ2n) is 9.01. The molecule has 3 N–H and O–H groups in total. The van der Waals surface area contributed by atoms with Crippen molar-refractivity contribution in [3.05, 3.63) is 83.9 Å². The minimum absolute atomic E-state index is 0.133. The van der Waals surface area contributed by atoms with Gasteiger partial charge in [-0.15, -0.1) is 0 Å². The van der Waals surface area contributed by atoms with E-state index >= 15 is 0 Å². The summed E-state index contributed by atoms with van der Waals surface area (Å²) in [6.07, 6.45) is 5.94. The van der Waals surface area contributed by atoms with Crippen LogP contribution < -0.4 is 5.32 Å². The highest BCUT2D eigenvalue weighted by Gasteiger charge is 2.33. The molecule has 0 unspecified atom stereocenters. The number of carboxylic acid groups (broad SMARTS) is 2. The van der Waals surface area contributed by atoms with E-state index in [0.29, 0.717) is 12.2 Å². The average Bonchev–Trinajstić information content (AvgIpc) is 2.91. The predicted molar refractivity (Wildman–Crippen MR) is 141 cm³/mol. The number of amides is 1. The van der Waals surface area contributed by atoms with Crippen molar-refractivity contribution < 1.29 is 24.6 Å². The molecule has 7 nitrogen and oxygen atoms in total. The number of hydrogen-bond acceptors (Lipinski definition) is 4. The second kappa shape index (κ2) is 14.8. The van der Waals surface area contributed by atoms with Crippen LogP contribution in [0.5, 0.6) is 0 Å². The van der Waals surface area contributed by atoms with E-state index in [1.165, 1.54) is 11.1 Å². The molecule has 0 spiro atoms. The minimum Gasteiger partial charge on any atom is -0.478 e. The number of carbonyl (C=O) groups excluding carboxylic acids is 1. The molecule has 0 bridgehead atoms. The summed E-state index contributed by atoms with van der Waals surface area (Å²) in [5.41, 5.74) is 2.36. The fourth-order valence-electron chi connectivity index (χ4n) is 4.50. The Balaban J connectivity index is 0.000000493. The maximum atomic E-state index is 13.1. The van der Waals surface area contributed by atoms with Crippen molar-refractivity contribution in [3.8, 4) is 0 Å². The van der Waals surface area contributed by atoms with Gasteiger partial charge in [0, 0.05) is 24.6 Å². The van der Waals surface area contributed by atoms with Gasteiger partial charge in [0.05, 0.1) is 5.54 Å². The lowest BCUT2D eigenvalue weighted by atomic mass is 9.83. The Labute approximate surface area is 213 Å². The molecule has 1 fully saturated rings. The fraction of sp³-hybridized carbons (Fsp3) is 0.414. The molecular weight excluding hydrogens is 456 g/mol. The number of piperidine rings is 1. The summed E-state index contributed by atoms with van der Waals surface area (Å²) in [5.74, 6) is -2.15. The number of nitrogens with zero attached hydrogens (tertiary/aromatic N) is 1. The first kappa shape index (κ1) is 28.8. The standard InChI is InChI=1S/C25H34N2O.C4H4O4/c1-3-25(4-2,23-13-9-6-10-14-23)26-24(28)22-16-19-27(20-17-22)18-15-21-11-7-5-8-12-21;5-3(6)1-2-4(7)8/h5-14,22H,3-4,15-20H2,1-2H3,(H,26,28);1-2H,(H,5,6)(H,7,8)/b;2-1+. The molecule has 1 amide bonds. The van der Waals surface area contributed by atoms with Gasteiger partial charge in [0.1, 0.15) is 0 Å². The van der Waals surface area contributed by atoms with Gasteiger partial charge in [-0.25, -0.2) is 9.59 Å². The first-order valence-corrected chi connectivity index (χ1v) is 12.6. The molecule has 1 aliphatic heterocycles. The van der Waals surface area contributed by atoms with Gasteiger partial charge in [-0.1, -0.05) is 74.5 Å². The van der Waals surface area contributed by atoms with Crippen LogP contribution in [0.25, 0.3) is 0 Å². The van der Waals surface area contributed by atoms with Crippen molar-refractivity contribution in [1.29, 1.82) is 0 Å². The topological polar surface area (TPSA) is 107 Å². The Morgan fingerprint density at radius 1 is 0.889 bits per heavy atom. The molecule has 0 saturated carbocycles. The molecule has 0 aliphatic carbocycles. The van der Waals surface area contributed by atoms with Crippen LogP contribution in [0.1, 0.15) is 50.7 Å². The summed E-state index contributed by atoms with van der Waals surface area (Å²) < 4.78 is 0. The first-order valence-electron chi connectivity index (χ1n) is 12.6. The van der Waals surface area contributed by atoms with Gasteiger partial charge in [0.15, 0.2) is 0 Å². The highest BCUT2D eigenvalue weighted by atomic mass is 16.4. The van der Waals surface area contributed by atoms with Crippen LogP contribution in [-0.4, -0.2) is 52.6 Å². The van der Waals surface area contributed by atoms with Gasteiger partial charge in [-0.3, -0.25) is 4.79 Å². The van der Waals surface area contributed by atoms with Crippen LogP contribution in [0.2, 0.25) is 0 Å². The number of carboxylic acids is 2. The summed E-state index contributed by atoms with van der Waals surface area (Å²) in [7, 11) is 0. The van der Waals surface area contributed by atoms with E-state index in [1.807, 2.05) is 6.07 Å². The highest BCUT2D eigenvalue weighted by Crippen LogP contribution is 2.30. The quantitative estimate of drug-likeness (QED) is 0.420. The van der Waals surface area contributed by atoms with Crippen LogP contribution >= 0.6 is 0 Å². The summed E-state index contributed by atoms with van der Waals surface area (Å²) in [4.78, 5) is 34.7. The average molecular weight is 495 g/mol. The van der Waals surface area contributed by atoms with Crippen LogP contribution in [0.3, 0.4) is 0 Å². The normalized spacial score (nSPS) is 14.6. The lowest BCUT2D eigenvalue weighted by Gasteiger charge is -2.37. The number of carbonyl (C=O) groups is 3. The zero-order valence-corrected chi connectivity index (χ0v) is 21.2. The molecule has 1 heterocycles. The molecular formula is C29H38N2O5. The first-order chi connectivity index (χ1) is 17.3. The summed E-state index contributed by atoms with van der Waals surface area (Å²) in [5, 5.41) is 19.1. The predicted octanol–water partition coefficient (Wildman–Crippen LogP) is 4.48. The third-order valence-electron chi connectivity index (χ3n) is 6.78.